The Morgan fingerprint density at radius 1 is 0.719 bits per heavy atom. The molecule has 4 aromatic carbocycles. The smallest absolute Gasteiger partial charge is 0.151 e. The lowest BCUT2D eigenvalue weighted by molar-refractivity contribution is 0.820. The van der Waals surface area contributed by atoms with E-state index in [9.17, 15) is 0 Å². The van der Waals surface area contributed by atoms with Gasteiger partial charge in [-0.15, -0.1) is 0 Å². The van der Waals surface area contributed by atoms with Crippen LogP contribution in [0.25, 0.3) is 33.3 Å². The van der Waals surface area contributed by atoms with Crippen molar-refractivity contribution >= 4 is 17.2 Å². The number of hydrogen-bond donors (Lipinski definition) is 0. The summed E-state index contributed by atoms with van der Waals surface area (Å²) in [5.74, 6) is 0.850. The molecule has 32 heavy (non-hydrogen) atoms. The molecule has 0 amide bonds. The van der Waals surface area contributed by atoms with Crippen molar-refractivity contribution in [2.24, 2.45) is 12.0 Å². The topological polar surface area (TPSA) is 30.2 Å². The number of hydrogen-bond acceptors (Lipinski definition) is 2. The summed E-state index contributed by atoms with van der Waals surface area (Å²) in [6.45, 7) is 2.11. The molecule has 1 unspecified atom stereocenters. The van der Waals surface area contributed by atoms with Gasteiger partial charge < -0.3 is 4.57 Å². The first-order valence-electron chi connectivity index (χ1n) is 10.9. The molecule has 3 heteroatoms. The van der Waals surface area contributed by atoms with Crippen molar-refractivity contribution in [1.29, 1.82) is 0 Å². The monoisotopic (exact) mass is 415 g/mol. The first kappa shape index (κ1) is 20.0. The maximum Gasteiger partial charge on any atom is 0.151 e. The molecule has 1 atom stereocenters. The number of benzene rings is 4. The third-order valence-corrected chi connectivity index (χ3v) is 5.92. The second-order valence-corrected chi connectivity index (χ2v) is 7.98. The highest BCUT2D eigenvalue weighted by Crippen LogP contribution is 2.35. The van der Waals surface area contributed by atoms with Crippen LogP contribution in [0.2, 0.25) is 0 Å². The van der Waals surface area contributed by atoms with Gasteiger partial charge in [0.05, 0.1) is 23.3 Å². The Balaban J connectivity index is 1.67. The molecule has 0 saturated heterocycles. The zero-order chi connectivity index (χ0) is 21.9. The summed E-state index contributed by atoms with van der Waals surface area (Å²) in [7, 11) is 2.07. The van der Waals surface area contributed by atoms with Gasteiger partial charge in [-0.2, -0.15) is 0 Å². The molecule has 0 saturated carbocycles. The molecule has 0 N–H and O–H groups in total. The molecule has 156 valence electrons. The van der Waals surface area contributed by atoms with Gasteiger partial charge in [0.2, 0.25) is 0 Å². The van der Waals surface area contributed by atoms with Crippen LogP contribution in [0.4, 0.5) is 0 Å². The Morgan fingerprint density at radius 2 is 1.25 bits per heavy atom. The maximum absolute atomic E-state index is 5.05. The predicted molar refractivity (Wildman–Crippen MR) is 134 cm³/mol. The molecule has 5 rings (SSSR count). The summed E-state index contributed by atoms with van der Waals surface area (Å²) >= 11 is 0. The van der Waals surface area contributed by atoms with Gasteiger partial charge in [0.25, 0.3) is 0 Å². The summed E-state index contributed by atoms with van der Waals surface area (Å²) < 4.78 is 2.16. The lowest BCUT2D eigenvalue weighted by Crippen LogP contribution is -1.99. The van der Waals surface area contributed by atoms with Crippen molar-refractivity contribution in [2.45, 2.75) is 13.0 Å². The quantitative estimate of drug-likeness (QED) is 0.282. The Morgan fingerprint density at radius 3 is 1.88 bits per heavy atom. The van der Waals surface area contributed by atoms with E-state index in [0.29, 0.717) is 0 Å². The summed E-state index contributed by atoms with van der Waals surface area (Å²) in [4.78, 5) is 9.87. The van der Waals surface area contributed by atoms with Crippen molar-refractivity contribution in [3.63, 3.8) is 0 Å². The van der Waals surface area contributed by atoms with E-state index in [2.05, 4.69) is 103 Å². The van der Waals surface area contributed by atoms with Crippen LogP contribution < -0.4 is 0 Å². The summed E-state index contributed by atoms with van der Waals surface area (Å²) in [5, 5.41) is 0. The number of imidazole rings is 1. The number of fused-ring (bicyclic) bond motifs is 1. The van der Waals surface area contributed by atoms with Gasteiger partial charge in [-0.25, -0.2) is 4.98 Å². The summed E-state index contributed by atoms with van der Waals surface area (Å²) in [5.41, 5.74) is 7.95. The van der Waals surface area contributed by atoms with E-state index in [1.165, 1.54) is 16.7 Å². The van der Waals surface area contributed by atoms with Crippen molar-refractivity contribution in [1.82, 2.24) is 9.55 Å². The van der Waals surface area contributed by atoms with Gasteiger partial charge in [-0.3, -0.25) is 4.99 Å². The molecule has 1 aromatic heterocycles. The molecule has 0 spiro atoms. The number of aliphatic imine (C=N–C) groups is 1. The minimum atomic E-state index is 0.0678. The average Bonchev–Trinajstić information content (AvgIpc) is 3.20. The normalized spacial score (nSPS) is 12.4. The van der Waals surface area contributed by atoms with Crippen LogP contribution in [-0.4, -0.2) is 15.8 Å². The number of rotatable bonds is 5. The number of aryl methyl sites for hydroxylation is 1. The highest BCUT2D eigenvalue weighted by molar-refractivity contribution is 6.03. The molecular weight excluding hydrogens is 390 g/mol. The molecule has 0 aliphatic rings. The first-order valence-corrected chi connectivity index (χ1v) is 10.9. The maximum atomic E-state index is 5.05. The predicted octanol–water partition coefficient (Wildman–Crippen LogP) is 7.09. The van der Waals surface area contributed by atoms with Crippen molar-refractivity contribution in [3.05, 3.63) is 115 Å². The largest absolute Gasteiger partial charge is 0.326 e. The molecule has 3 nitrogen and oxygen atoms in total. The molecule has 0 fully saturated rings. The zero-order valence-corrected chi connectivity index (χ0v) is 18.3. The second kappa shape index (κ2) is 8.64. The molecule has 0 aliphatic carbocycles. The van der Waals surface area contributed by atoms with Crippen molar-refractivity contribution in [2.75, 3.05) is 0 Å². The molecule has 0 bridgehead atoms. The molecular formula is C29H25N3. The third kappa shape index (κ3) is 3.74. The van der Waals surface area contributed by atoms with Crippen LogP contribution in [0.5, 0.6) is 0 Å². The fourth-order valence-corrected chi connectivity index (χ4v) is 4.15. The number of nitrogens with zero attached hydrogens (tertiary/aromatic N) is 3. The van der Waals surface area contributed by atoms with Crippen LogP contribution in [-0.2, 0) is 7.05 Å². The zero-order valence-electron chi connectivity index (χ0n) is 18.3. The van der Waals surface area contributed by atoms with E-state index in [-0.39, 0.29) is 6.04 Å². The molecule has 5 aromatic rings. The molecule has 1 heterocycles. The van der Waals surface area contributed by atoms with Gasteiger partial charge in [-0.1, -0.05) is 103 Å². The Kier molecular flexibility index (Phi) is 5.39. The van der Waals surface area contributed by atoms with Gasteiger partial charge in [0, 0.05) is 18.2 Å². The summed E-state index contributed by atoms with van der Waals surface area (Å²) in [6.07, 6.45) is 1.90. The van der Waals surface area contributed by atoms with Crippen LogP contribution >= 0.6 is 0 Å². The molecule has 0 radical (unpaired) electrons. The highest BCUT2D eigenvalue weighted by Gasteiger charge is 2.16. The first-order chi connectivity index (χ1) is 15.7. The Bertz CT molecular complexity index is 1370. The van der Waals surface area contributed by atoms with Crippen LogP contribution in [0, 0.1) is 0 Å². The minimum Gasteiger partial charge on any atom is -0.326 e. The van der Waals surface area contributed by atoms with Crippen LogP contribution in [0.1, 0.15) is 24.4 Å². The Labute approximate surface area is 188 Å². The lowest BCUT2D eigenvalue weighted by Gasteiger charge is -2.10. The van der Waals surface area contributed by atoms with E-state index in [4.69, 9.17) is 9.98 Å². The van der Waals surface area contributed by atoms with Gasteiger partial charge in [0.1, 0.15) is 0 Å². The fourth-order valence-electron chi connectivity index (χ4n) is 4.15. The van der Waals surface area contributed by atoms with E-state index in [0.717, 1.165) is 28.0 Å². The SMILES string of the molecule is CC(/N=C/c1nc2c(-c3ccccc3)ccc(-c3ccccc3)c2n1C)c1ccccc1. The second-order valence-electron chi connectivity index (χ2n) is 7.98. The fraction of sp³-hybridized carbons (Fsp3) is 0.103. The van der Waals surface area contributed by atoms with Crippen LogP contribution in [0.3, 0.4) is 0 Å². The lowest BCUT2D eigenvalue weighted by atomic mass is 9.98. The van der Waals surface area contributed by atoms with Gasteiger partial charge in [-0.05, 0) is 23.6 Å². The van der Waals surface area contributed by atoms with Crippen molar-refractivity contribution in [3.8, 4) is 22.3 Å². The molecule has 0 aliphatic heterocycles. The van der Waals surface area contributed by atoms with E-state index >= 15 is 0 Å². The number of aromatic nitrogens is 2. The third-order valence-electron chi connectivity index (χ3n) is 5.92. The van der Waals surface area contributed by atoms with Gasteiger partial charge >= 0.3 is 0 Å². The van der Waals surface area contributed by atoms with E-state index in [1.807, 2.05) is 24.4 Å². The average molecular weight is 416 g/mol. The van der Waals surface area contributed by atoms with E-state index in [1.54, 1.807) is 0 Å². The van der Waals surface area contributed by atoms with Crippen LogP contribution in [0.15, 0.2) is 108 Å². The van der Waals surface area contributed by atoms with E-state index < -0.39 is 0 Å². The minimum absolute atomic E-state index is 0.0678. The van der Waals surface area contributed by atoms with Crippen molar-refractivity contribution < 1.29 is 0 Å². The standard InChI is InChI=1S/C29H25N3/c1-21(22-12-6-3-7-13-22)30-20-27-31-28-25(23-14-8-4-9-15-23)18-19-26(29(28)32(27)2)24-16-10-5-11-17-24/h3-21H,1-2H3/b30-20+. The Hall–Kier alpha value is -3.98. The highest BCUT2D eigenvalue weighted by atomic mass is 15.1. The summed E-state index contributed by atoms with van der Waals surface area (Å²) in [6, 6.07) is 35.7. The van der Waals surface area contributed by atoms with Gasteiger partial charge in [0.15, 0.2) is 5.82 Å².